The number of anilines is 1. The minimum absolute atomic E-state index is 0.0456. The molecular weight excluding hydrogens is 373 g/mol. The second-order valence-electron chi connectivity index (χ2n) is 6.93. The van der Waals surface area contributed by atoms with Crippen molar-refractivity contribution in [1.82, 2.24) is 24.8 Å². The van der Waals surface area contributed by atoms with Gasteiger partial charge in [0.15, 0.2) is 0 Å². The van der Waals surface area contributed by atoms with Crippen LogP contribution in [0.3, 0.4) is 0 Å². The molecule has 0 spiro atoms. The summed E-state index contributed by atoms with van der Waals surface area (Å²) in [6.45, 7) is 6.69. The van der Waals surface area contributed by atoms with Gasteiger partial charge in [-0.05, 0) is 18.9 Å². The number of alkyl halides is 3. The summed E-state index contributed by atoms with van der Waals surface area (Å²) in [5.41, 5.74) is -0.222. The number of piperazine rings is 1. The molecule has 1 aliphatic rings. The standard InChI is InChI=1S/C18H21F3N6O/c1-11(2)14-8-15(18(19,20)21)25-17(24-14)27-6-4-26(5-7-27)16(28)13-9-22-12(3)23-10-13/h8-11H,4-7H2,1-3H3. The Morgan fingerprint density at radius 1 is 1.07 bits per heavy atom. The van der Waals surface area contributed by atoms with Crippen molar-refractivity contribution in [2.24, 2.45) is 0 Å². The van der Waals surface area contributed by atoms with Gasteiger partial charge < -0.3 is 9.80 Å². The van der Waals surface area contributed by atoms with Crippen molar-refractivity contribution in [2.75, 3.05) is 31.1 Å². The third-order valence-electron chi connectivity index (χ3n) is 4.49. The second kappa shape index (κ2) is 7.69. The average Bonchev–Trinajstić information content (AvgIpc) is 2.67. The Balaban J connectivity index is 1.75. The number of aryl methyl sites for hydroxylation is 1. The minimum Gasteiger partial charge on any atom is -0.337 e. The Kier molecular flexibility index (Phi) is 5.48. The molecule has 0 aliphatic carbocycles. The highest BCUT2D eigenvalue weighted by atomic mass is 19.4. The van der Waals surface area contributed by atoms with Crippen LogP contribution >= 0.6 is 0 Å². The number of amides is 1. The van der Waals surface area contributed by atoms with Crippen molar-refractivity contribution in [3.8, 4) is 0 Å². The molecule has 1 amide bonds. The van der Waals surface area contributed by atoms with E-state index in [1.54, 1.807) is 30.6 Å². The van der Waals surface area contributed by atoms with E-state index in [0.717, 1.165) is 6.07 Å². The Bertz CT molecular complexity index is 845. The fraction of sp³-hybridized carbons (Fsp3) is 0.500. The van der Waals surface area contributed by atoms with Crippen LogP contribution in [0.2, 0.25) is 0 Å². The van der Waals surface area contributed by atoms with E-state index in [0.29, 0.717) is 43.3 Å². The van der Waals surface area contributed by atoms with Gasteiger partial charge in [0.25, 0.3) is 5.91 Å². The lowest BCUT2D eigenvalue weighted by Crippen LogP contribution is -2.49. The molecular formula is C18H21F3N6O. The molecule has 1 saturated heterocycles. The lowest BCUT2D eigenvalue weighted by Gasteiger charge is -2.35. The first-order chi connectivity index (χ1) is 13.1. The highest BCUT2D eigenvalue weighted by Crippen LogP contribution is 2.31. The zero-order valence-corrected chi connectivity index (χ0v) is 15.9. The predicted molar refractivity (Wildman–Crippen MR) is 96.0 cm³/mol. The van der Waals surface area contributed by atoms with Crippen LogP contribution in [0, 0.1) is 6.92 Å². The minimum atomic E-state index is -4.54. The molecule has 10 heteroatoms. The SMILES string of the molecule is Cc1ncc(C(=O)N2CCN(c3nc(C(C)C)cc(C(F)(F)F)n3)CC2)cn1. The number of hydrogen-bond acceptors (Lipinski definition) is 6. The van der Waals surface area contributed by atoms with Crippen molar-refractivity contribution in [1.29, 1.82) is 0 Å². The fourth-order valence-corrected chi connectivity index (χ4v) is 2.83. The van der Waals surface area contributed by atoms with Crippen molar-refractivity contribution >= 4 is 11.9 Å². The molecule has 1 aliphatic heterocycles. The van der Waals surface area contributed by atoms with Crippen LogP contribution in [0.5, 0.6) is 0 Å². The van der Waals surface area contributed by atoms with Gasteiger partial charge in [0.1, 0.15) is 11.5 Å². The van der Waals surface area contributed by atoms with Crippen molar-refractivity contribution in [3.63, 3.8) is 0 Å². The smallest absolute Gasteiger partial charge is 0.337 e. The number of nitrogens with zero attached hydrogens (tertiary/aromatic N) is 6. The van der Waals surface area contributed by atoms with Crippen molar-refractivity contribution < 1.29 is 18.0 Å². The second-order valence-corrected chi connectivity index (χ2v) is 6.93. The molecule has 0 saturated carbocycles. The van der Waals surface area contributed by atoms with Crippen LogP contribution in [-0.4, -0.2) is 56.9 Å². The molecule has 0 radical (unpaired) electrons. The maximum absolute atomic E-state index is 13.2. The van der Waals surface area contributed by atoms with Crippen LogP contribution in [-0.2, 0) is 6.18 Å². The number of hydrogen-bond donors (Lipinski definition) is 0. The van der Waals surface area contributed by atoms with E-state index in [4.69, 9.17) is 0 Å². The maximum atomic E-state index is 13.2. The van der Waals surface area contributed by atoms with Crippen LogP contribution in [0.15, 0.2) is 18.5 Å². The zero-order chi connectivity index (χ0) is 20.5. The number of rotatable bonds is 3. The van der Waals surface area contributed by atoms with E-state index in [9.17, 15) is 18.0 Å². The first kappa shape index (κ1) is 20.0. The number of aromatic nitrogens is 4. The van der Waals surface area contributed by atoms with Crippen molar-refractivity contribution in [3.05, 3.63) is 41.2 Å². The Morgan fingerprint density at radius 2 is 1.68 bits per heavy atom. The lowest BCUT2D eigenvalue weighted by molar-refractivity contribution is -0.141. The summed E-state index contributed by atoms with van der Waals surface area (Å²) in [5.74, 6) is 0.257. The molecule has 150 valence electrons. The van der Waals surface area contributed by atoms with Gasteiger partial charge in [0.2, 0.25) is 5.95 Å². The lowest BCUT2D eigenvalue weighted by atomic mass is 10.1. The summed E-state index contributed by atoms with van der Waals surface area (Å²) in [7, 11) is 0. The molecule has 0 aromatic carbocycles. The van der Waals surface area contributed by atoms with E-state index >= 15 is 0 Å². The van der Waals surface area contributed by atoms with E-state index in [1.807, 2.05) is 0 Å². The van der Waals surface area contributed by atoms with Gasteiger partial charge in [0, 0.05) is 44.3 Å². The summed E-state index contributed by atoms with van der Waals surface area (Å²) < 4.78 is 39.6. The van der Waals surface area contributed by atoms with E-state index in [2.05, 4.69) is 19.9 Å². The molecule has 1 fully saturated rings. The predicted octanol–water partition coefficient (Wildman–Crippen LogP) is 2.68. The molecule has 0 N–H and O–H groups in total. The summed E-state index contributed by atoms with van der Waals surface area (Å²) in [5, 5.41) is 0. The number of halogens is 3. The molecule has 3 rings (SSSR count). The summed E-state index contributed by atoms with van der Waals surface area (Å²) >= 11 is 0. The van der Waals surface area contributed by atoms with Gasteiger partial charge in [0.05, 0.1) is 5.56 Å². The summed E-state index contributed by atoms with van der Waals surface area (Å²) in [6, 6.07) is 0.991. The molecule has 0 atom stereocenters. The molecule has 2 aromatic rings. The first-order valence-electron chi connectivity index (χ1n) is 8.94. The fourth-order valence-electron chi connectivity index (χ4n) is 2.83. The average molecular weight is 394 g/mol. The topological polar surface area (TPSA) is 75.1 Å². The third kappa shape index (κ3) is 4.37. The van der Waals surface area contributed by atoms with Gasteiger partial charge in [-0.1, -0.05) is 13.8 Å². The quantitative estimate of drug-likeness (QED) is 0.797. The largest absolute Gasteiger partial charge is 0.433 e. The van der Waals surface area contributed by atoms with Gasteiger partial charge in [-0.15, -0.1) is 0 Å². The van der Waals surface area contributed by atoms with Crippen molar-refractivity contribution in [2.45, 2.75) is 32.9 Å². The third-order valence-corrected chi connectivity index (χ3v) is 4.49. The van der Waals surface area contributed by atoms with E-state index in [-0.39, 0.29) is 17.8 Å². The highest BCUT2D eigenvalue weighted by molar-refractivity contribution is 5.93. The van der Waals surface area contributed by atoms with E-state index < -0.39 is 11.9 Å². The van der Waals surface area contributed by atoms with Crippen LogP contribution in [0.25, 0.3) is 0 Å². The maximum Gasteiger partial charge on any atom is 0.433 e. The highest BCUT2D eigenvalue weighted by Gasteiger charge is 2.35. The van der Waals surface area contributed by atoms with Crippen LogP contribution in [0.1, 0.15) is 47.3 Å². The molecule has 3 heterocycles. The molecule has 0 unspecified atom stereocenters. The molecule has 7 nitrogen and oxygen atoms in total. The normalized spacial score (nSPS) is 15.2. The Hall–Kier alpha value is -2.78. The number of carbonyl (C=O) groups excluding carboxylic acids is 1. The monoisotopic (exact) mass is 394 g/mol. The molecule has 28 heavy (non-hydrogen) atoms. The van der Waals surface area contributed by atoms with Crippen LogP contribution in [0.4, 0.5) is 19.1 Å². The van der Waals surface area contributed by atoms with E-state index in [1.165, 1.54) is 12.4 Å². The first-order valence-corrected chi connectivity index (χ1v) is 8.94. The summed E-state index contributed by atoms with van der Waals surface area (Å²) in [4.78, 5) is 31.9. The van der Waals surface area contributed by atoms with Gasteiger partial charge in [-0.2, -0.15) is 13.2 Å². The van der Waals surface area contributed by atoms with Crippen LogP contribution < -0.4 is 4.90 Å². The molecule has 2 aromatic heterocycles. The Labute approximate surface area is 160 Å². The summed E-state index contributed by atoms with van der Waals surface area (Å²) in [6.07, 6.45) is -1.59. The van der Waals surface area contributed by atoms with Gasteiger partial charge in [-0.25, -0.2) is 19.9 Å². The number of carbonyl (C=O) groups is 1. The molecule has 0 bridgehead atoms. The Morgan fingerprint density at radius 3 is 2.21 bits per heavy atom. The van der Waals surface area contributed by atoms with Gasteiger partial charge in [-0.3, -0.25) is 4.79 Å². The zero-order valence-electron chi connectivity index (χ0n) is 15.9. The van der Waals surface area contributed by atoms with Gasteiger partial charge >= 0.3 is 6.18 Å².